The third kappa shape index (κ3) is 3.17. The van der Waals surface area contributed by atoms with E-state index in [-0.39, 0.29) is 5.82 Å². The Bertz CT molecular complexity index is 488. The maximum atomic E-state index is 13.0. The van der Waals surface area contributed by atoms with Crippen molar-refractivity contribution in [2.75, 3.05) is 12.3 Å². The van der Waals surface area contributed by atoms with Crippen LogP contribution in [0.4, 0.5) is 10.1 Å². The number of hydrogen-bond acceptors (Lipinski definition) is 3. The first-order chi connectivity index (χ1) is 8.25. The number of benzene rings is 1. The van der Waals surface area contributed by atoms with E-state index in [1.165, 1.54) is 18.2 Å². The normalized spacial score (nSPS) is 10.2. The average Bonchev–Trinajstić information content (AvgIpc) is 2.35. The molecule has 1 heterocycles. The molecule has 0 aliphatic rings. The van der Waals surface area contributed by atoms with Crippen molar-refractivity contribution in [3.8, 4) is 5.75 Å². The summed E-state index contributed by atoms with van der Waals surface area (Å²) >= 11 is 0. The highest BCUT2D eigenvalue weighted by atomic mass is 19.1. The topological polar surface area (TPSA) is 48.1 Å². The molecule has 0 atom stereocenters. The van der Waals surface area contributed by atoms with E-state index in [4.69, 9.17) is 10.5 Å². The van der Waals surface area contributed by atoms with Crippen LogP contribution in [0.1, 0.15) is 5.56 Å². The Kier molecular flexibility index (Phi) is 3.55. The molecule has 2 aromatic rings. The SMILES string of the molecule is Nc1ccc(F)cc1OCCc1cccnc1. The molecule has 0 saturated heterocycles. The van der Waals surface area contributed by atoms with Gasteiger partial charge < -0.3 is 10.5 Å². The van der Waals surface area contributed by atoms with Gasteiger partial charge in [-0.2, -0.15) is 0 Å². The summed E-state index contributed by atoms with van der Waals surface area (Å²) in [6.45, 7) is 0.444. The van der Waals surface area contributed by atoms with E-state index in [9.17, 15) is 4.39 Å². The van der Waals surface area contributed by atoms with Crippen molar-refractivity contribution in [3.05, 3.63) is 54.1 Å². The molecule has 1 aromatic carbocycles. The number of halogens is 1. The maximum Gasteiger partial charge on any atom is 0.145 e. The first-order valence-electron chi connectivity index (χ1n) is 5.32. The quantitative estimate of drug-likeness (QED) is 0.823. The minimum Gasteiger partial charge on any atom is -0.491 e. The fourth-order valence-corrected chi connectivity index (χ4v) is 1.46. The number of aromatic nitrogens is 1. The van der Waals surface area contributed by atoms with Gasteiger partial charge >= 0.3 is 0 Å². The van der Waals surface area contributed by atoms with Crippen molar-refractivity contribution in [2.45, 2.75) is 6.42 Å². The molecule has 0 spiro atoms. The Hall–Kier alpha value is -2.10. The molecule has 0 saturated carbocycles. The first kappa shape index (κ1) is 11.4. The van der Waals surface area contributed by atoms with Crippen molar-refractivity contribution < 1.29 is 9.13 Å². The number of nitrogens with two attached hydrogens (primary N) is 1. The zero-order valence-electron chi connectivity index (χ0n) is 9.27. The highest BCUT2D eigenvalue weighted by Gasteiger charge is 2.02. The van der Waals surface area contributed by atoms with Crippen LogP contribution >= 0.6 is 0 Å². The van der Waals surface area contributed by atoms with Gasteiger partial charge in [0.05, 0.1) is 12.3 Å². The molecular weight excluding hydrogens is 219 g/mol. The summed E-state index contributed by atoms with van der Waals surface area (Å²) in [5, 5.41) is 0. The van der Waals surface area contributed by atoms with E-state index < -0.39 is 0 Å². The standard InChI is InChI=1S/C13H13FN2O/c14-11-3-4-12(15)13(8-11)17-7-5-10-2-1-6-16-9-10/h1-4,6,8-9H,5,7,15H2. The summed E-state index contributed by atoms with van der Waals surface area (Å²) in [6, 6.07) is 7.92. The molecule has 2 N–H and O–H groups in total. The van der Waals surface area contributed by atoms with Crippen molar-refractivity contribution in [1.82, 2.24) is 4.98 Å². The second-order valence-electron chi connectivity index (χ2n) is 3.64. The van der Waals surface area contributed by atoms with E-state index in [0.717, 1.165) is 5.56 Å². The van der Waals surface area contributed by atoms with Crippen LogP contribution in [0.2, 0.25) is 0 Å². The van der Waals surface area contributed by atoms with Gasteiger partial charge in [0.15, 0.2) is 0 Å². The van der Waals surface area contributed by atoms with E-state index in [2.05, 4.69) is 4.98 Å². The van der Waals surface area contributed by atoms with Crippen LogP contribution in [-0.4, -0.2) is 11.6 Å². The summed E-state index contributed by atoms with van der Waals surface area (Å²) in [4.78, 5) is 4.00. The van der Waals surface area contributed by atoms with Crippen LogP contribution in [0.5, 0.6) is 5.75 Å². The summed E-state index contributed by atoms with van der Waals surface area (Å²) in [5.74, 6) is 0.0319. The van der Waals surface area contributed by atoms with Crippen LogP contribution in [0.3, 0.4) is 0 Å². The van der Waals surface area contributed by atoms with Gasteiger partial charge in [0.2, 0.25) is 0 Å². The number of hydrogen-bond donors (Lipinski definition) is 1. The minimum absolute atomic E-state index is 0.351. The van der Waals surface area contributed by atoms with Gasteiger partial charge in [0.1, 0.15) is 11.6 Å². The van der Waals surface area contributed by atoms with E-state index in [0.29, 0.717) is 24.5 Å². The Labute approximate surface area is 99.1 Å². The molecule has 0 bridgehead atoms. The number of pyridine rings is 1. The molecule has 0 unspecified atom stereocenters. The highest BCUT2D eigenvalue weighted by molar-refractivity contribution is 5.52. The van der Waals surface area contributed by atoms with Crippen molar-refractivity contribution in [2.24, 2.45) is 0 Å². The summed E-state index contributed by atoms with van der Waals surface area (Å²) in [6.07, 6.45) is 4.21. The third-order valence-electron chi connectivity index (χ3n) is 2.35. The lowest BCUT2D eigenvalue weighted by atomic mass is 10.2. The first-order valence-corrected chi connectivity index (χ1v) is 5.32. The fourth-order valence-electron chi connectivity index (χ4n) is 1.46. The molecule has 3 nitrogen and oxygen atoms in total. The number of rotatable bonds is 4. The van der Waals surface area contributed by atoms with Gasteiger partial charge in [0.25, 0.3) is 0 Å². The molecular formula is C13H13FN2O. The molecule has 0 aliphatic heterocycles. The van der Waals surface area contributed by atoms with E-state index in [1.54, 1.807) is 12.4 Å². The van der Waals surface area contributed by atoms with Crippen LogP contribution in [0.25, 0.3) is 0 Å². The second kappa shape index (κ2) is 5.30. The Morgan fingerprint density at radius 1 is 1.29 bits per heavy atom. The monoisotopic (exact) mass is 232 g/mol. The van der Waals surface area contributed by atoms with Gasteiger partial charge in [-0.15, -0.1) is 0 Å². The molecule has 0 aliphatic carbocycles. The van der Waals surface area contributed by atoms with E-state index in [1.807, 2.05) is 12.1 Å². The average molecular weight is 232 g/mol. The lowest BCUT2D eigenvalue weighted by Crippen LogP contribution is -2.03. The number of nitrogens with zero attached hydrogens (tertiary/aromatic N) is 1. The van der Waals surface area contributed by atoms with Gasteiger partial charge in [-0.25, -0.2) is 4.39 Å². The van der Waals surface area contributed by atoms with Crippen LogP contribution in [-0.2, 0) is 6.42 Å². The molecule has 2 rings (SSSR count). The zero-order valence-corrected chi connectivity index (χ0v) is 9.27. The molecule has 0 radical (unpaired) electrons. The predicted octanol–water partition coefficient (Wildman–Crippen LogP) is 2.42. The largest absolute Gasteiger partial charge is 0.491 e. The molecule has 17 heavy (non-hydrogen) atoms. The number of ether oxygens (including phenoxy) is 1. The lowest BCUT2D eigenvalue weighted by Gasteiger charge is -2.08. The fraction of sp³-hybridized carbons (Fsp3) is 0.154. The highest BCUT2D eigenvalue weighted by Crippen LogP contribution is 2.22. The lowest BCUT2D eigenvalue weighted by molar-refractivity contribution is 0.322. The summed E-state index contributed by atoms with van der Waals surface area (Å²) < 4.78 is 18.4. The molecule has 1 aromatic heterocycles. The smallest absolute Gasteiger partial charge is 0.145 e. The Morgan fingerprint density at radius 3 is 2.94 bits per heavy atom. The zero-order chi connectivity index (χ0) is 12.1. The summed E-state index contributed by atoms with van der Waals surface area (Å²) in [5.41, 5.74) is 7.18. The second-order valence-corrected chi connectivity index (χ2v) is 3.64. The Morgan fingerprint density at radius 2 is 2.18 bits per heavy atom. The molecule has 0 fully saturated rings. The predicted molar refractivity (Wildman–Crippen MR) is 64.2 cm³/mol. The number of nitrogen functional groups attached to an aromatic ring is 1. The van der Waals surface area contributed by atoms with Crippen LogP contribution in [0, 0.1) is 5.82 Å². The van der Waals surface area contributed by atoms with Gasteiger partial charge in [0, 0.05) is 24.9 Å². The maximum absolute atomic E-state index is 13.0. The summed E-state index contributed by atoms with van der Waals surface area (Å²) in [7, 11) is 0. The minimum atomic E-state index is -0.351. The Balaban J connectivity index is 1.92. The van der Waals surface area contributed by atoms with Crippen molar-refractivity contribution >= 4 is 5.69 Å². The number of anilines is 1. The van der Waals surface area contributed by atoms with Crippen molar-refractivity contribution in [1.29, 1.82) is 0 Å². The van der Waals surface area contributed by atoms with Gasteiger partial charge in [-0.05, 0) is 23.8 Å². The van der Waals surface area contributed by atoms with Gasteiger partial charge in [-0.1, -0.05) is 6.07 Å². The van der Waals surface area contributed by atoms with E-state index >= 15 is 0 Å². The van der Waals surface area contributed by atoms with Crippen molar-refractivity contribution in [3.63, 3.8) is 0 Å². The third-order valence-corrected chi connectivity index (χ3v) is 2.35. The molecule has 0 amide bonds. The van der Waals surface area contributed by atoms with Crippen LogP contribution in [0.15, 0.2) is 42.7 Å². The molecule has 88 valence electrons. The van der Waals surface area contributed by atoms with Gasteiger partial charge in [-0.3, -0.25) is 4.98 Å². The van der Waals surface area contributed by atoms with Crippen LogP contribution < -0.4 is 10.5 Å². The molecule has 4 heteroatoms.